The number of pyridine rings is 2. The van der Waals surface area contributed by atoms with Crippen molar-refractivity contribution < 1.29 is 14.5 Å². The molecular weight excluding hydrogens is 352 g/mol. The maximum atomic E-state index is 12.7. The SMILES string of the molecule is CCn1c(=O)c(C(=O)Nc2ccc([N+](=O)[O-])cc2OC)cc2cccnc21. The molecule has 1 aromatic carbocycles. The highest BCUT2D eigenvalue weighted by Crippen LogP contribution is 2.29. The van der Waals surface area contributed by atoms with Gasteiger partial charge in [-0.2, -0.15) is 0 Å². The first-order valence-corrected chi connectivity index (χ1v) is 8.08. The first kappa shape index (κ1) is 18.1. The van der Waals surface area contributed by atoms with Crippen LogP contribution in [0.4, 0.5) is 11.4 Å². The van der Waals surface area contributed by atoms with E-state index < -0.39 is 16.4 Å². The van der Waals surface area contributed by atoms with E-state index in [1.165, 1.54) is 35.9 Å². The highest BCUT2D eigenvalue weighted by atomic mass is 16.6. The van der Waals surface area contributed by atoms with Crippen LogP contribution in [0, 0.1) is 10.1 Å². The Morgan fingerprint density at radius 2 is 2.11 bits per heavy atom. The number of methoxy groups -OCH3 is 1. The molecule has 3 rings (SSSR count). The van der Waals surface area contributed by atoms with Crippen molar-refractivity contribution in [3.05, 3.63) is 68.6 Å². The Morgan fingerprint density at radius 1 is 1.33 bits per heavy atom. The minimum Gasteiger partial charge on any atom is -0.494 e. The van der Waals surface area contributed by atoms with Gasteiger partial charge in [0.15, 0.2) is 0 Å². The normalized spacial score (nSPS) is 10.6. The number of benzene rings is 1. The molecule has 0 saturated heterocycles. The summed E-state index contributed by atoms with van der Waals surface area (Å²) in [6, 6.07) is 8.75. The van der Waals surface area contributed by atoms with Gasteiger partial charge < -0.3 is 10.1 Å². The molecule has 0 atom stereocenters. The standard InChI is InChI=1S/C18H16N4O5/c1-3-21-16-11(5-4-8-19-16)9-13(18(21)24)17(23)20-14-7-6-12(22(25)26)10-15(14)27-2/h4-10H,3H2,1-2H3,(H,20,23). The molecule has 0 bridgehead atoms. The van der Waals surface area contributed by atoms with E-state index in [-0.39, 0.29) is 22.7 Å². The molecule has 1 N–H and O–H groups in total. The van der Waals surface area contributed by atoms with Crippen molar-refractivity contribution in [2.45, 2.75) is 13.5 Å². The van der Waals surface area contributed by atoms with Crippen molar-refractivity contribution in [2.24, 2.45) is 0 Å². The monoisotopic (exact) mass is 368 g/mol. The minimum atomic E-state index is -0.639. The number of nitro benzene ring substituents is 1. The average molecular weight is 368 g/mol. The van der Waals surface area contributed by atoms with Gasteiger partial charge in [-0.05, 0) is 31.2 Å². The lowest BCUT2D eigenvalue weighted by Gasteiger charge is -2.12. The number of amides is 1. The fraction of sp³-hybridized carbons (Fsp3) is 0.167. The van der Waals surface area contributed by atoms with E-state index in [4.69, 9.17) is 4.74 Å². The predicted molar refractivity (Wildman–Crippen MR) is 99.3 cm³/mol. The van der Waals surface area contributed by atoms with E-state index in [1.807, 2.05) is 0 Å². The van der Waals surface area contributed by atoms with Gasteiger partial charge in [0.1, 0.15) is 17.0 Å². The highest BCUT2D eigenvalue weighted by molar-refractivity contribution is 6.06. The number of carbonyl (C=O) groups is 1. The summed E-state index contributed by atoms with van der Waals surface area (Å²) in [7, 11) is 1.33. The molecule has 0 aliphatic heterocycles. The number of nitro groups is 1. The Bertz CT molecular complexity index is 1110. The summed E-state index contributed by atoms with van der Waals surface area (Å²) in [6.07, 6.45) is 1.58. The second-order valence-corrected chi connectivity index (χ2v) is 5.62. The molecule has 0 spiro atoms. The number of ether oxygens (including phenoxy) is 1. The second-order valence-electron chi connectivity index (χ2n) is 5.62. The summed E-state index contributed by atoms with van der Waals surface area (Å²) >= 11 is 0. The Balaban J connectivity index is 2.03. The van der Waals surface area contributed by atoms with Crippen LogP contribution in [0.3, 0.4) is 0 Å². The van der Waals surface area contributed by atoms with Crippen molar-refractivity contribution in [1.29, 1.82) is 0 Å². The van der Waals surface area contributed by atoms with Crippen molar-refractivity contribution in [3.8, 4) is 5.75 Å². The molecular formula is C18H16N4O5. The van der Waals surface area contributed by atoms with Crippen molar-refractivity contribution in [2.75, 3.05) is 12.4 Å². The van der Waals surface area contributed by atoms with Gasteiger partial charge in [-0.25, -0.2) is 4.98 Å². The Hall–Kier alpha value is -3.75. The van der Waals surface area contributed by atoms with E-state index in [9.17, 15) is 19.7 Å². The molecule has 0 saturated carbocycles. The topological polar surface area (TPSA) is 116 Å². The number of non-ortho nitro benzene ring substituents is 1. The lowest BCUT2D eigenvalue weighted by molar-refractivity contribution is -0.384. The van der Waals surface area contributed by atoms with Gasteiger partial charge in [0, 0.05) is 24.2 Å². The van der Waals surface area contributed by atoms with Crippen molar-refractivity contribution in [3.63, 3.8) is 0 Å². The first-order chi connectivity index (χ1) is 13.0. The van der Waals surface area contributed by atoms with Gasteiger partial charge >= 0.3 is 0 Å². The van der Waals surface area contributed by atoms with Crippen molar-refractivity contribution >= 4 is 28.3 Å². The maximum absolute atomic E-state index is 12.7. The third kappa shape index (κ3) is 3.34. The number of rotatable bonds is 5. The van der Waals surface area contributed by atoms with Crippen molar-refractivity contribution in [1.82, 2.24) is 9.55 Å². The zero-order valence-corrected chi connectivity index (χ0v) is 14.6. The van der Waals surface area contributed by atoms with E-state index in [1.54, 1.807) is 25.3 Å². The van der Waals surface area contributed by atoms with Crippen LogP contribution in [0.15, 0.2) is 47.4 Å². The number of nitrogens with zero attached hydrogens (tertiary/aromatic N) is 3. The third-order valence-corrected chi connectivity index (χ3v) is 4.05. The molecule has 0 unspecified atom stereocenters. The molecule has 2 aromatic heterocycles. The minimum absolute atomic E-state index is 0.0576. The molecule has 27 heavy (non-hydrogen) atoms. The van der Waals surface area contributed by atoms with E-state index in [2.05, 4.69) is 10.3 Å². The zero-order chi connectivity index (χ0) is 19.6. The molecule has 1 amide bonds. The van der Waals surface area contributed by atoms with Crippen LogP contribution in [0.2, 0.25) is 0 Å². The summed E-state index contributed by atoms with van der Waals surface area (Å²) in [6.45, 7) is 2.14. The molecule has 0 aliphatic carbocycles. The van der Waals surface area contributed by atoms with Gasteiger partial charge in [0.2, 0.25) is 0 Å². The molecule has 9 heteroatoms. The van der Waals surface area contributed by atoms with Crippen LogP contribution >= 0.6 is 0 Å². The Kier molecular flexibility index (Phi) is 4.84. The summed E-state index contributed by atoms with van der Waals surface area (Å²) in [5, 5.41) is 14.1. The molecule has 0 fully saturated rings. The molecule has 138 valence electrons. The van der Waals surface area contributed by atoms with Crippen LogP contribution in [0.25, 0.3) is 11.0 Å². The fourth-order valence-electron chi connectivity index (χ4n) is 2.75. The molecule has 2 heterocycles. The van der Waals surface area contributed by atoms with Crippen LogP contribution in [0.5, 0.6) is 5.75 Å². The number of carbonyl (C=O) groups excluding carboxylic acids is 1. The fourth-order valence-corrected chi connectivity index (χ4v) is 2.75. The molecule has 0 radical (unpaired) electrons. The average Bonchev–Trinajstić information content (AvgIpc) is 2.67. The number of hydrogen-bond donors (Lipinski definition) is 1. The summed E-state index contributed by atoms with van der Waals surface area (Å²) < 4.78 is 6.52. The van der Waals surface area contributed by atoms with Gasteiger partial charge in [-0.15, -0.1) is 0 Å². The Labute approximate surface area is 153 Å². The predicted octanol–water partition coefficient (Wildman–Crippen LogP) is 2.59. The lowest BCUT2D eigenvalue weighted by Crippen LogP contribution is -2.29. The second kappa shape index (κ2) is 7.24. The summed E-state index contributed by atoms with van der Waals surface area (Å²) in [5.41, 5.74) is 0.0195. The van der Waals surface area contributed by atoms with Crippen LogP contribution in [0.1, 0.15) is 17.3 Å². The zero-order valence-electron chi connectivity index (χ0n) is 14.6. The third-order valence-electron chi connectivity index (χ3n) is 4.05. The number of nitrogens with one attached hydrogen (secondary N) is 1. The smallest absolute Gasteiger partial charge is 0.273 e. The van der Waals surface area contributed by atoms with E-state index in [0.29, 0.717) is 17.6 Å². The molecule has 9 nitrogen and oxygen atoms in total. The van der Waals surface area contributed by atoms with Crippen LogP contribution in [-0.2, 0) is 6.54 Å². The van der Waals surface area contributed by atoms with E-state index in [0.717, 1.165) is 0 Å². The number of aryl methyl sites for hydroxylation is 1. The van der Waals surface area contributed by atoms with Gasteiger partial charge in [0.05, 0.1) is 23.8 Å². The number of anilines is 1. The highest BCUT2D eigenvalue weighted by Gasteiger charge is 2.18. The number of aromatic nitrogens is 2. The largest absolute Gasteiger partial charge is 0.494 e. The van der Waals surface area contributed by atoms with Crippen LogP contribution < -0.4 is 15.6 Å². The number of hydrogen-bond acceptors (Lipinski definition) is 6. The molecule has 0 aliphatic rings. The maximum Gasteiger partial charge on any atom is 0.273 e. The van der Waals surface area contributed by atoms with E-state index >= 15 is 0 Å². The van der Waals surface area contributed by atoms with Gasteiger partial charge in [-0.3, -0.25) is 24.3 Å². The summed E-state index contributed by atoms with van der Waals surface area (Å²) in [5.74, 6) is -0.518. The Morgan fingerprint density at radius 3 is 2.78 bits per heavy atom. The van der Waals surface area contributed by atoms with Gasteiger partial charge in [0.25, 0.3) is 17.2 Å². The molecule has 3 aromatic rings. The van der Waals surface area contributed by atoms with Crippen LogP contribution in [-0.4, -0.2) is 27.5 Å². The van der Waals surface area contributed by atoms with Gasteiger partial charge in [-0.1, -0.05) is 0 Å². The lowest BCUT2D eigenvalue weighted by atomic mass is 10.1. The summed E-state index contributed by atoms with van der Waals surface area (Å²) in [4.78, 5) is 39.9. The first-order valence-electron chi connectivity index (χ1n) is 8.08. The quantitative estimate of drug-likeness (QED) is 0.546. The number of fused-ring (bicyclic) bond motifs is 1.